The van der Waals surface area contributed by atoms with Crippen molar-refractivity contribution in [1.29, 1.82) is 0 Å². The highest BCUT2D eigenvalue weighted by Crippen LogP contribution is 2.23. The van der Waals surface area contributed by atoms with E-state index < -0.39 is 0 Å². The number of anilines is 1. The molecule has 6 nitrogen and oxygen atoms in total. The monoisotopic (exact) mass is 450 g/mol. The topological polar surface area (TPSA) is 60.0 Å². The molecule has 0 radical (unpaired) electrons. The van der Waals surface area contributed by atoms with Crippen molar-refractivity contribution in [2.24, 2.45) is 0 Å². The fourth-order valence-corrected chi connectivity index (χ4v) is 3.65. The number of carbonyl (C=O) groups excluding carboxylic acids is 1. The van der Waals surface area contributed by atoms with Gasteiger partial charge in [-0.2, -0.15) is 0 Å². The van der Waals surface area contributed by atoms with Crippen LogP contribution in [0, 0.1) is 5.82 Å². The smallest absolute Gasteiger partial charge is 0.321 e. The maximum absolute atomic E-state index is 13.3. The molecule has 0 unspecified atom stereocenters. The molecule has 1 N–H and O–H groups in total. The fraction of sp³-hybridized carbons (Fsp3) is 0.269. The number of hydrogen-bond acceptors (Lipinski definition) is 4. The lowest BCUT2D eigenvalue weighted by Gasteiger charge is -2.32. The molecule has 0 spiro atoms. The van der Waals surface area contributed by atoms with Crippen molar-refractivity contribution < 1.29 is 23.4 Å². The van der Waals surface area contributed by atoms with Gasteiger partial charge in [-0.1, -0.05) is 12.1 Å². The maximum Gasteiger partial charge on any atom is 0.321 e. The zero-order chi connectivity index (χ0) is 23.0. The van der Waals surface area contributed by atoms with E-state index in [1.54, 1.807) is 18.1 Å². The Morgan fingerprint density at radius 3 is 2.30 bits per heavy atom. The molecule has 172 valence electrons. The van der Waals surface area contributed by atoms with Crippen molar-refractivity contribution in [1.82, 2.24) is 4.90 Å². The van der Waals surface area contributed by atoms with Gasteiger partial charge < -0.3 is 24.4 Å². The van der Waals surface area contributed by atoms with Crippen LogP contribution in [0.15, 0.2) is 72.8 Å². The molecule has 7 heteroatoms. The standard InChI is InChI=1S/C26H27FN2O4/c1-31-22-7-5-21(6-8-22)28-26(30)29-15-13-25(14-16-29)33-24-11-9-23(10-12-24)32-18-19-3-2-4-20(27)17-19/h2-12,17,25H,13-16,18H2,1H3,(H,28,30). The van der Waals surface area contributed by atoms with Crippen LogP contribution in [0.3, 0.4) is 0 Å². The third kappa shape index (κ3) is 6.38. The number of methoxy groups -OCH3 is 1. The molecule has 3 aromatic carbocycles. The molecule has 4 rings (SSSR count). The van der Waals surface area contributed by atoms with E-state index in [1.165, 1.54) is 12.1 Å². The van der Waals surface area contributed by atoms with Gasteiger partial charge in [-0.15, -0.1) is 0 Å². The molecule has 2 amide bonds. The number of ether oxygens (including phenoxy) is 3. The first-order chi connectivity index (χ1) is 16.1. The first-order valence-electron chi connectivity index (χ1n) is 10.9. The predicted molar refractivity (Wildman–Crippen MR) is 124 cm³/mol. The van der Waals surface area contributed by atoms with E-state index in [2.05, 4.69) is 5.32 Å². The molecule has 0 aromatic heterocycles. The number of piperidine rings is 1. The molecule has 1 saturated heterocycles. The Morgan fingerprint density at radius 2 is 1.64 bits per heavy atom. The van der Waals surface area contributed by atoms with Crippen LogP contribution in [-0.2, 0) is 6.61 Å². The molecular weight excluding hydrogens is 423 g/mol. The summed E-state index contributed by atoms with van der Waals surface area (Å²) in [4.78, 5) is 14.3. The largest absolute Gasteiger partial charge is 0.497 e. The minimum absolute atomic E-state index is 0.0501. The first kappa shape index (κ1) is 22.5. The summed E-state index contributed by atoms with van der Waals surface area (Å²) in [5.74, 6) is 1.92. The molecular formula is C26H27FN2O4. The number of amides is 2. The van der Waals surface area contributed by atoms with E-state index in [0.717, 1.165) is 35.6 Å². The van der Waals surface area contributed by atoms with Crippen LogP contribution in [0.5, 0.6) is 17.2 Å². The second-order valence-electron chi connectivity index (χ2n) is 7.85. The van der Waals surface area contributed by atoms with E-state index in [4.69, 9.17) is 14.2 Å². The Kier molecular flexibility index (Phi) is 7.29. The minimum atomic E-state index is -0.274. The van der Waals surface area contributed by atoms with Crippen molar-refractivity contribution in [3.63, 3.8) is 0 Å². The summed E-state index contributed by atoms with van der Waals surface area (Å²) >= 11 is 0. The number of likely N-dealkylation sites (tertiary alicyclic amines) is 1. The van der Waals surface area contributed by atoms with Gasteiger partial charge in [-0.25, -0.2) is 9.18 Å². The Bertz CT molecular complexity index is 1050. The lowest BCUT2D eigenvalue weighted by atomic mass is 10.1. The van der Waals surface area contributed by atoms with E-state index in [1.807, 2.05) is 54.6 Å². The highest BCUT2D eigenvalue weighted by molar-refractivity contribution is 5.89. The molecule has 1 aliphatic heterocycles. The van der Waals surface area contributed by atoms with E-state index >= 15 is 0 Å². The van der Waals surface area contributed by atoms with Crippen LogP contribution in [0.25, 0.3) is 0 Å². The predicted octanol–water partition coefficient (Wildman–Crippen LogP) is 5.49. The molecule has 1 aliphatic rings. The summed E-state index contributed by atoms with van der Waals surface area (Å²) in [5, 5.41) is 2.92. The van der Waals surface area contributed by atoms with Crippen molar-refractivity contribution >= 4 is 11.7 Å². The van der Waals surface area contributed by atoms with Crippen LogP contribution in [0.4, 0.5) is 14.9 Å². The van der Waals surface area contributed by atoms with Gasteiger partial charge in [0, 0.05) is 31.6 Å². The first-order valence-corrected chi connectivity index (χ1v) is 10.9. The van der Waals surface area contributed by atoms with Crippen molar-refractivity contribution in [3.05, 3.63) is 84.2 Å². The van der Waals surface area contributed by atoms with Gasteiger partial charge in [0.2, 0.25) is 0 Å². The number of urea groups is 1. The zero-order valence-electron chi connectivity index (χ0n) is 18.5. The number of carbonyl (C=O) groups is 1. The second kappa shape index (κ2) is 10.7. The van der Waals surface area contributed by atoms with Crippen LogP contribution >= 0.6 is 0 Å². The zero-order valence-corrected chi connectivity index (χ0v) is 18.5. The van der Waals surface area contributed by atoms with Crippen molar-refractivity contribution in [2.45, 2.75) is 25.6 Å². The van der Waals surface area contributed by atoms with Crippen LogP contribution in [-0.4, -0.2) is 37.2 Å². The SMILES string of the molecule is COc1ccc(NC(=O)N2CCC(Oc3ccc(OCc4cccc(F)c4)cc3)CC2)cc1. The number of halogens is 1. The number of nitrogens with zero attached hydrogens (tertiary/aromatic N) is 1. The summed E-state index contributed by atoms with van der Waals surface area (Å²) in [6.45, 7) is 1.55. The van der Waals surface area contributed by atoms with Crippen LogP contribution < -0.4 is 19.5 Å². The quantitative estimate of drug-likeness (QED) is 0.517. The van der Waals surface area contributed by atoms with Gasteiger partial charge in [-0.3, -0.25) is 0 Å². The summed E-state index contributed by atoms with van der Waals surface area (Å²) < 4.78 is 30.2. The Balaban J connectivity index is 1.21. The number of nitrogens with one attached hydrogen (secondary N) is 1. The molecule has 1 fully saturated rings. The van der Waals surface area contributed by atoms with Crippen LogP contribution in [0.2, 0.25) is 0 Å². The van der Waals surface area contributed by atoms with Crippen molar-refractivity contribution in [2.75, 3.05) is 25.5 Å². The average molecular weight is 451 g/mol. The van der Waals surface area contributed by atoms with Gasteiger partial charge in [0.05, 0.1) is 7.11 Å². The Labute approximate surface area is 192 Å². The Hall–Kier alpha value is -3.74. The van der Waals surface area contributed by atoms with Gasteiger partial charge in [-0.05, 0) is 66.2 Å². The van der Waals surface area contributed by atoms with Gasteiger partial charge >= 0.3 is 6.03 Å². The highest BCUT2D eigenvalue weighted by atomic mass is 19.1. The van der Waals surface area contributed by atoms with Gasteiger partial charge in [0.15, 0.2) is 0 Å². The van der Waals surface area contributed by atoms with Crippen LogP contribution in [0.1, 0.15) is 18.4 Å². The Morgan fingerprint density at radius 1 is 0.970 bits per heavy atom. The maximum atomic E-state index is 13.3. The molecule has 0 aliphatic carbocycles. The molecule has 0 atom stereocenters. The van der Waals surface area contributed by atoms with Gasteiger partial charge in [0.25, 0.3) is 0 Å². The summed E-state index contributed by atoms with van der Waals surface area (Å²) in [6.07, 6.45) is 1.57. The number of rotatable bonds is 7. The lowest BCUT2D eigenvalue weighted by Crippen LogP contribution is -2.43. The molecule has 3 aromatic rings. The fourth-order valence-electron chi connectivity index (χ4n) is 3.65. The lowest BCUT2D eigenvalue weighted by molar-refractivity contribution is 0.115. The third-order valence-electron chi connectivity index (χ3n) is 5.49. The van der Waals surface area contributed by atoms with E-state index in [0.29, 0.717) is 25.4 Å². The van der Waals surface area contributed by atoms with E-state index in [-0.39, 0.29) is 18.0 Å². The summed E-state index contributed by atoms with van der Waals surface area (Å²) in [7, 11) is 1.61. The second-order valence-corrected chi connectivity index (χ2v) is 7.85. The highest BCUT2D eigenvalue weighted by Gasteiger charge is 2.24. The number of benzene rings is 3. The molecule has 0 bridgehead atoms. The minimum Gasteiger partial charge on any atom is -0.497 e. The summed E-state index contributed by atoms with van der Waals surface area (Å²) in [6, 6.07) is 20.9. The van der Waals surface area contributed by atoms with Gasteiger partial charge in [0.1, 0.15) is 35.8 Å². The average Bonchev–Trinajstić information content (AvgIpc) is 2.84. The molecule has 33 heavy (non-hydrogen) atoms. The normalized spacial score (nSPS) is 13.9. The van der Waals surface area contributed by atoms with E-state index in [9.17, 15) is 9.18 Å². The summed E-state index contributed by atoms with van der Waals surface area (Å²) in [5.41, 5.74) is 1.51. The number of hydrogen-bond donors (Lipinski definition) is 1. The molecule has 0 saturated carbocycles. The van der Waals surface area contributed by atoms with Crippen molar-refractivity contribution in [3.8, 4) is 17.2 Å². The molecule has 1 heterocycles. The third-order valence-corrected chi connectivity index (χ3v) is 5.49.